The first-order valence-corrected chi connectivity index (χ1v) is 10.1. The van der Waals surface area contributed by atoms with Crippen molar-refractivity contribution in [1.29, 1.82) is 0 Å². The minimum absolute atomic E-state index is 0.00353. The second-order valence-electron chi connectivity index (χ2n) is 8.21. The van der Waals surface area contributed by atoms with Crippen molar-refractivity contribution < 1.29 is 23.9 Å². The van der Waals surface area contributed by atoms with E-state index >= 15 is 0 Å². The van der Waals surface area contributed by atoms with Gasteiger partial charge in [-0.15, -0.1) is 0 Å². The molecule has 2 fully saturated rings. The molecule has 0 aromatic heterocycles. The van der Waals surface area contributed by atoms with Crippen molar-refractivity contribution in [2.24, 2.45) is 35.5 Å². The van der Waals surface area contributed by atoms with Crippen molar-refractivity contribution >= 4 is 17.7 Å². The molecule has 0 N–H and O–H groups in total. The highest BCUT2D eigenvalue weighted by molar-refractivity contribution is 5.98. The van der Waals surface area contributed by atoms with Gasteiger partial charge in [-0.3, -0.25) is 14.4 Å². The van der Waals surface area contributed by atoms with E-state index in [4.69, 9.17) is 9.47 Å². The summed E-state index contributed by atoms with van der Waals surface area (Å²) in [5.74, 6) is -1.11. The van der Waals surface area contributed by atoms with Gasteiger partial charge in [-0.25, -0.2) is 0 Å². The topological polar surface area (TPSA) is 69.7 Å². The van der Waals surface area contributed by atoms with Crippen molar-refractivity contribution in [3.63, 3.8) is 0 Å². The van der Waals surface area contributed by atoms with Gasteiger partial charge in [-0.05, 0) is 43.4 Å². The predicted octanol–water partition coefficient (Wildman–Crippen LogP) is 3.44. The standard InChI is InChI=1S/C23H26O5/c1-3-13(2)28-23(26)21-16-10-9-15(17-11-18(16)17)20(21)22(25)27-12-19(24)14-7-5-4-6-8-14/h4-10,13,15-18,20-21H,3,11-12H2,1-2H3/t13-,15+,16-,17+,18-,20+,21+/m1/s1. The summed E-state index contributed by atoms with van der Waals surface area (Å²) in [6, 6.07) is 8.76. The predicted molar refractivity (Wildman–Crippen MR) is 102 cm³/mol. The number of benzene rings is 1. The molecule has 0 spiro atoms. The van der Waals surface area contributed by atoms with E-state index < -0.39 is 17.8 Å². The first-order valence-electron chi connectivity index (χ1n) is 10.1. The van der Waals surface area contributed by atoms with Crippen molar-refractivity contribution in [3.8, 4) is 0 Å². The fourth-order valence-corrected chi connectivity index (χ4v) is 4.82. The van der Waals surface area contributed by atoms with Crippen molar-refractivity contribution in [2.75, 3.05) is 6.61 Å². The Morgan fingerprint density at radius 2 is 1.61 bits per heavy atom. The molecular formula is C23H26O5. The molecule has 1 aromatic carbocycles. The van der Waals surface area contributed by atoms with E-state index in [0.717, 1.165) is 12.8 Å². The molecule has 0 radical (unpaired) electrons. The number of ketones is 1. The minimum Gasteiger partial charge on any atom is -0.462 e. The molecule has 0 saturated heterocycles. The lowest BCUT2D eigenvalue weighted by molar-refractivity contribution is -0.170. The number of carbonyl (C=O) groups excluding carboxylic acids is 3. The zero-order valence-electron chi connectivity index (χ0n) is 16.2. The minimum atomic E-state index is -0.557. The monoisotopic (exact) mass is 382 g/mol. The normalized spacial score (nSPS) is 32.9. The molecule has 4 aliphatic rings. The van der Waals surface area contributed by atoms with E-state index in [1.807, 2.05) is 19.9 Å². The maximum atomic E-state index is 12.9. The highest BCUT2D eigenvalue weighted by Gasteiger charge is 2.63. The molecule has 148 valence electrons. The quantitative estimate of drug-likeness (QED) is 0.410. The molecule has 4 aliphatic carbocycles. The number of carbonyl (C=O) groups is 3. The summed E-state index contributed by atoms with van der Waals surface area (Å²) in [5, 5.41) is 0. The maximum absolute atomic E-state index is 12.9. The molecule has 2 bridgehead atoms. The van der Waals surface area contributed by atoms with E-state index in [0.29, 0.717) is 17.4 Å². The molecule has 0 heterocycles. The van der Waals surface area contributed by atoms with Crippen LogP contribution in [0, 0.1) is 35.5 Å². The number of hydrogen-bond acceptors (Lipinski definition) is 5. The summed E-state index contributed by atoms with van der Waals surface area (Å²) in [5.41, 5.74) is 0.510. The van der Waals surface area contributed by atoms with Gasteiger partial charge < -0.3 is 9.47 Å². The van der Waals surface area contributed by atoms with Gasteiger partial charge in [0.1, 0.15) is 0 Å². The fourth-order valence-electron chi connectivity index (χ4n) is 4.82. The fraction of sp³-hybridized carbons (Fsp3) is 0.522. The smallest absolute Gasteiger partial charge is 0.310 e. The molecule has 0 amide bonds. The molecule has 0 aliphatic heterocycles. The first kappa shape index (κ1) is 18.9. The van der Waals surface area contributed by atoms with Crippen LogP contribution in [0.3, 0.4) is 0 Å². The Morgan fingerprint density at radius 1 is 1.00 bits per heavy atom. The van der Waals surface area contributed by atoms with E-state index in [1.54, 1.807) is 24.3 Å². The van der Waals surface area contributed by atoms with E-state index in [-0.39, 0.29) is 36.3 Å². The summed E-state index contributed by atoms with van der Waals surface area (Å²) < 4.78 is 11.0. The molecule has 2 saturated carbocycles. The van der Waals surface area contributed by atoms with Gasteiger partial charge in [-0.1, -0.05) is 49.4 Å². The SMILES string of the molecule is CC[C@@H](C)OC(=O)[C@H]1[C@@H]2C=C[C@@H]([C@@H]3C[C@H]23)[C@@H]1C(=O)OCC(=O)c1ccccc1. The lowest BCUT2D eigenvalue weighted by atomic mass is 9.62. The molecule has 5 nitrogen and oxygen atoms in total. The van der Waals surface area contributed by atoms with Crippen LogP contribution in [0.2, 0.25) is 0 Å². The van der Waals surface area contributed by atoms with Crippen molar-refractivity contribution in [1.82, 2.24) is 0 Å². The average Bonchev–Trinajstić information content (AvgIpc) is 3.54. The summed E-state index contributed by atoms with van der Waals surface area (Å²) in [4.78, 5) is 38.1. The van der Waals surface area contributed by atoms with Crippen LogP contribution in [0.4, 0.5) is 0 Å². The number of Topliss-reactive ketones (excluding diaryl/α,β-unsaturated/α-hetero) is 1. The van der Waals surface area contributed by atoms with E-state index in [9.17, 15) is 14.4 Å². The van der Waals surface area contributed by atoms with Gasteiger partial charge >= 0.3 is 11.9 Å². The highest BCUT2D eigenvalue weighted by atomic mass is 16.5. The van der Waals surface area contributed by atoms with Crippen LogP contribution >= 0.6 is 0 Å². The van der Waals surface area contributed by atoms with Crippen LogP contribution in [0.15, 0.2) is 42.5 Å². The number of esters is 2. The lowest BCUT2D eigenvalue weighted by Crippen LogP contribution is -2.48. The Bertz CT molecular complexity index is 798. The molecule has 5 rings (SSSR count). The molecule has 1 aromatic rings. The number of allylic oxidation sites excluding steroid dienone is 2. The van der Waals surface area contributed by atoms with Gasteiger partial charge in [-0.2, -0.15) is 0 Å². The Morgan fingerprint density at radius 3 is 2.21 bits per heavy atom. The third-order valence-electron chi connectivity index (χ3n) is 6.53. The van der Waals surface area contributed by atoms with Gasteiger partial charge in [0.05, 0.1) is 17.9 Å². The van der Waals surface area contributed by atoms with Crippen molar-refractivity contribution in [2.45, 2.75) is 32.8 Å². The number of ether oxygens (including phenoxy) is 2. The lowest BCUT2D eigenvalue weighted by Gasteiger charge is -2.42. The Hall–Kier alpha value is -2.43. The van der Waals surface area contributed by atoms with Crippen LogP contribution in [-0.2, 0) is 19.1 Å². The number of rotatable bonds is 7. The third-order valence-corrected chi connectivity index (χ3v) is 6.53. The zero-order valence-corrected chi connectivity index (χ0v) is 16.2. The van der Waals surface area contributed by atoms with Crippen molar-refractivity contribution in [3.05, 3.63) is 48.0 Å². The highest BCUT2D eigenvalue weighted by Crippen LogP contribution is 2.63. The maximum Gasteiger partial charge on any atom is 0.310 e. The molecule has 0 unspecified atom stereocenters. The summed E-state index contributed by atoms with van der Waals surface area (Å²) in [6.07, 6.45) is 5.75. The summed E-state index contributed by atoms with van der Waals surface area (Å²) >= 11 is 0. The molecular weight excluding hydrogens is 356 g/mol. The second kappa shape index (κ2) is 7.53. The average molecular weight is 382 g/mol. The van der Waals surface area contributed by atoms with E-state index in [2.05, 4.69) is 12.2 Å². The largest absolute Gasteiger partial charge is 0.462 e. The van der Waals surface area contributed by atoms with Gasteiger partial charge in [0.2, 0.25) is 0 Å². The van der Waals surface area contributed by atoms with Crippen LogP contribution in [0.5, 0.6) is 0 Å². The van der Waals surface area contributed by atoms with E-state index in [1.165, 1.54) is 0 Å². The molecule has 7 atom stereocenters. The van der Waals surface area contributed by atoms with Gasteiger partial charge in [0.15, 0.2) is 12.4 Å². The number of hydrogen-bond donors (Lipinski definition) is 0. The van der Waals surface area contributed by atoms with Crippen LogP contribution in [-0.4, -0.2) is 30.4 Å². The Kier molecular flexibility index (Phi) is 5.09. The summed E-state index contributed by atoms with van der Waals surface area (Å²) in [6.45, 7) is 3.52. The third kappa shape index (κ3) is 3.38. The zero-order chi connectivity index (χ0) is 19.8. The number of fused-ring (bicyclic) bond motifs is 1. The first-order chi connectivity index (χ1) is 13.5. The van der Waals surface area contributed by atoms with Gasteiger partial charge in [0.25, 0.3) is 0 Å². The van der Waals surface area contributed by atoms with Gasteiger partial charge in [0, 0.05) is 5.56 Å². The molecule has 5 heteroatoms. The van der Waals surface area contributed by atoms with Crippen LogP contribution in [0.25, 0.3) is 0 Å². The molecule has 28 heavy (non-hydrogen) atoms. The Labute approximate surface area is 165 Å². The van der Waals surface area contributed by atoms with Crippen LogP contribution < -0.4 is 0 Å². The second-order valence-corrected chi connectivity index (χ2v) is 8.21. The van der Waals surface area contributed by atoms with Crippen LogP contribution in [0.1, 0.15) is 37.0 Å². The summed E-state index contributed by atoms with van der Waals surface area (Å²) in [7, 11) is 0. The Balaban J connectivity index is 1.47.